The highest BCUT2D eigenvalue weighted by Gasteiger charge is 2.14. The number of nitrogens with zero attached hydrogens (tertiary/aromatic N) is 6. The fraction of sp³-hybridized carbons (Fsp3) is 0.292. The van der Waals surface area contributed by atoms with Crippen LogP contribution in [0.2, 0.25) is 0 Å². The molecule has 0 bridgehead atoms. The maximum absolute atomic E-state index is 12.9. The van der Waals surface area contributed by atoms with E-state index >= 15 is 0 Å². The Morgan fingerprint density at radius 1 is 1.06 bits per heavy atom. The van der Waals surface area contributed by atoms with Gasteiger partial charge in [-0.15, -0.1) is 10.2 Å². The van der Waals surface area contributed by atoms with Gasteiger partial charge in [0.2, 0.25) is 5.82 Å². The summed E-state index contributed by atoms with van der Waals surface area (Å²) in [6.07, 6.45) is 6.74. The van der Waals surface area contributed by atoms with Crippen molar-refractivity contribution in [1.82, 2.24) is 35.0 Å². The number of nitrogens with one attached hydrogen (secondary N) is 1. The third kappa shape index (κ3) is 4.59. The van der Waals surface area contributed by atoms with E-state index in [1.165, 1.54) is 0 Å². The molecule has 32 heavy (non-hydrogen) atoms. The molecule has 4 aromatic rings. The van der Waals surface area contributed by atoms with Crippen LogP contribution < -0.4 is 5.69 Å². The van der Waals surface area contributed by atoms with Crippen LogP contribution in [0.3, 0.4) is 0 Å². The maximum atomic E-state index is 12.9. The average molecular weight is 430 g/mol. The first-order valence-corrected chi connectivity index (χ1v) is 10.9. The third-order valence-electron chi connectivity index (χ3n) is 5.39. The van der Waals surface area contributed by atoms with Gasteiger partial charge in [-0.3, -0.25) is 4.57 Å². The Morgan fingerprint density at radius 2 is 1.84 bits per heavy atom. The number of aromatic amines is 1. The van der Waals surface area contributed by atoms with Gasteiger partial charge in [0.15, 0.2) is 0 Å². The number of allylic oxidation sites excluding steroid dienone is 2. The first-order valence-electron chi connectivity index (χ1n) is 10.9. The monoisotopic (exact) mass is 429 g/mol. The highest BCUT2D eigenvalue weighted by molar-refractivity contribution is 5.80. The summed E-state index contributed by atoms with van der Waals surface area (Å²) in [6.45, 7) is 5.08. The summed E-state index contributed by atoms with van der Waals surface area (Å²) >= 11 is 0. The van der Waals surface area contributed by atoms with Gasteiger partial charge in [0.25, 0.3) is 0 Å². The van der Waals surface area contributed by atoms with E-state index < -0.39 is 0 Å². The van der Waals surface area contributed by atoms with Gasteiger partial charge >= 0.3 is 5.69 Å². The Balaban J connectivity index is 1.61. The standard InChI is InChI=1S/C24H27N7O/c1-3-5-11-22-27-31(16-6-4-2)24(32)30(22)17-18-12-14-19(15-13-18)20-9-7-8-10-21(20)23-25-28-29-26-23/h4,6-10,12-15H,3,5,11,16-17H2,1-2H3,(H,25,26,28,29). The predicted molar refractivity (Wildman–Crippen MR) is 124 cm³/mol. The van der Waals surface area contributed by atoms with Crippen molar-refractivity contribution in [1.29, 1.82) is 0 Å². The van der Waals surface area contributed by atoms with Gasteiger partial charge in [-0.05, 0) is 35.2 Å². The summed E-state index contributed by atoms with van der Waals surface area (Å²) in [5.74, 6) is 1.40. The molecule has 2 aromatic carbocycles. The molecule has 164 valence electrons. The minimum absolute atomic E-state index is 0.0688. The zero-order valence-corrected chi connectivity index (χ0v) is 18.4. The van der Waals surface area contributed by atoms with Crippen molar-refractivity contribution in [2.24, 2.45) is 0 Å². The van der Waals surface area contributed by atoms with Gasteiger partial charge in [-0.2, -0.15) is 10.3 Å². The van der Waals surface area contributed by atoms with Gasteiger partial charge in [0.05, 0.1) is 13.1 Å². The Morgan fingerprint density at radius 3 is 2.53 bits per heavy atom. The second-order valence-corrected chi connectivity index (χ2v) is 7.62. The fourth-order valence-electron chi connectivity index (χ4n) is 3.67. The van der Waals surface area contributed by atoms with E-state index in [4.69, 9.17) is 0 Å². The Bertz CT molecular complexity index is 1230. The lowest BCUT2D eigenvalue weighted by Gasteiger charge is -2.09. The Kier molecular flexibility index (Phi) is 6.69. The van der Waals surface area contributed by atoms with Gasteiger partial charge in [0.1, 0.15) is 5.82 Å². The van der Waals surface area contributed by atoms with Crippen LogP contribution in [0.1, 0.15) is 38.1 Å². The first kappa shape index (κ1) is 21.4. The SMILES string of the molecule is CC=CCn1nc(CCCC)n(Cc2ccc(-c3ccccc3-c3nn[nH]n3)cc2)c1=O. The van der Waals surface area contributed by atoms with E-state index in [-0.39, 0.29) is 5.69 Å². The smallest absolute Gasteiger partial charge is 0.274 e. The summed E-state index contributed by atoms with van der Waals surface area (Å²) in [5.41, 5.74) is 3.98. The fourth-order valence-corrected chi connectivity index (χ4v) is 3.67. The molecular weight excluding hydrogens is 402 g/mol. The van der Waals surface area contributed by atoms with Crippen LogP contribution in [-0.2, 0) is 19.5 Å². The van der Waals surface area contributed by atoms with E-state index in [0.29, 0.717) is 18.9 Å². The van der Waals surface area contributed by atoms with E-state index in [9.17, 15) is 4.79 Å². The lowest BCUT2D eigenvalue weighted by atomic mass is 9.98. The molecule has 0 saturated heterocycles. The number of hydrogen-bond donors (Lipinski definition) is 1. The number of unbranched alkanes of at least 4 members (excludes halogenated alkanes) is 1. The molecule has 0 spiro atoms. The number of aromatic nitrogens is 7. The van der Waals surface area contributed by atoms with Crippen molar-refractivity contribution in [2.75, 3.05) is 0 Å². The van der Waals surface area contributed by atoms with Crippen LogP contribution in [-0.4, -0.2) is 35.0 Å². The highest BCUT2D eigenvalue weighted by atomic mass is 16.2. The molecule has 1 N–H and O–H groups in total. The first-order chi connectivity index (χ1) is 15.7. The molecule has 0 aliphatic heterocycles. The van der Waals surface area contributed by atoms with Crippen LogP contribution in [0, 0.1) is 0 Å². The molecule has 0 aliphatic rings. The van der Waals surface area contributed by atoms with Crippen LogP contribution >= 0.6 is 0 Å². The molecule has 0 unspecified atom stereocenters. The number of tetrazole rings is 1. The Labute approximate surface area is 186 Å². The van der Waals surface area contributed by atoms with E-state index in [0.717, 1.165) is 47.3 Å². The predicted octanol–water partition coefficient (Wildman–Crippen LogP) is 3.86. The van der Waals surface area contributed by atoms with Crippen molar-refractivity contribution < 1.29 is 0 Å². The largest absolute Gasteiger partial charge is 0.346 e. The Hall–Kier alpha value is -3.81. The molecule has 2 heterocycles. The molecule has 8 heteroatoms. The minimum Gasteiger partial charge on any atom is -0.274 e. The quantitative estimate of drug-likeness (QED) is 0.408. The van der Waals surface area contributed by atoms with Crippen molar-refractivity contribution in [3.8, 4) is 22.5 Å². The molecular formula is C24H27N7O. The van der Waals surface area contributed by atoms with E-state index in [1.54, 1.807) is 9.25 Å². The van der Waals surface area contributed by atoms with Gasteiger partial charge < -0.3 is 0 Å². The van der Waals surface area contributed by atoms with Crippen molar-refractivity contribution >= 4 is 0 Å². The van der Waals surface area contributed by atoms with Crippen LogP contribution in [0.25, 0.3) is 22.5 Å². The van der Waals surface area contributed by atoms with Gasteiger partial charge in [0, 0.05) is 12.0 Å². The summed E-state index contributed by atoms with van der Waals surface area (Å²) in [7, 11) is 0. The molecule has 4 rings (SSSR count). The van der Waals surface area contributed by atoms with Crippen molar-refractivity contribution in [2.45, 2.75) is 46.2 Å². The zero-order chi connectivity index (χ0) is 22.3. The van der Waals surface area contributed by atoms with Crippen molar-refractivity contribution in [3.63, 3.8) is 0 Å². The van der Waals surface area contributed by atoms with Crippen LogP contribution in [0.15, 0.2) is 65.5 Å². The molecule has 0 atom stereocenters. The maximum Gasteiger partial charge on any atom is 0.346 e. The summed E-state index contributed by atoms with van der Waals surface area (Å²) < 4.78 is 3.34. The van der Waals surface area contributed by atoms with Crippen LogP contribution in [0.4, 0.5) is 0 Å². The number of benzene rings is 2. The van der Waals surface area contributed by atoms with E-state index in [1.807, 2.05) is 43.3 Å². The number of rotatable bonds is 9. The topological polar surface area (TPSA) is 94.3 Å². The number of hydrogen-bond acceptors (Lipinski definition) is 5. The second kappa shape index (κ2) is 10.00. The number of aryl methyl sites for hydroxylation is 1. The average Bonchev–Trinajstić information content (AvgIpc) is 3.46. The molecule has 0 amide bonds. The van der Waals surface area contributed by atoms with Crippen molar-refractivity contribution in [3.05, 3.63) is 82.6 Å². The summed E-state index contributed by atoms with van der Waals surface area (Å²) in [5, 5.41) is 19.0. The summed E-state index contributed by atoms with van der Waals surface area (Å²) in [6, 6.07) is 16.2. The lowest BCUT2D eigenvalue weighted by Crippen LogP contribution is -2.25. The molecule has 0 radical (unpaired) electrons. The van der Waals surface area contributed by atoms with Crippen LogP contribution in [0.5, 0.6) is 0 Å². The van der Waals surface area contributed by atoms with Gasteiger partial charge in [-0.1, -0.05) is 74.0 Å². The third-order valence-corrected chi connectivity index (χ3v) is 5.39. The second-order valence-electron chi connectivity index (χ2n) is 7.62. The molecule has 0 aliphatic carbocycles. The molecule has 0 saturated carbocycles. The molecule has 8 nitrogen and oxygen atoms in total. The number of H-pyrrole nitrogens is 1. The summed E-state index contributed by atoms with van der Waals surface area (Å²) in [4.78, 5) is 12.9. The zero-order valence-electron chi connectivity index (χ0n) is 18.4. The minimum atomic E-state index is -0.0688. The molecule has 0 fully saturated rings. The highest BCUT2D eigenvalue weighted by Crippen LogP contribution is 2.29. The normalized spacial score (nSPS) is 11.4. The lowest BCUT2D eigenvalue weighted by molar-refractivity contribution is 0.647. The van der Waals surface area contributed by atoms with Gasteiger partial charge in [-0.25, -0.2) is 9.48 Å². The molecule has 2 aromatic heterocycles. The van der Waals surface area contributed by atoms with E-state index in [2.05, 4.69) is 56.9 Å².